The normalized spacial score (nSPS) is 16.4. The molecule has 1 unspecified atom stereocenters. The third kappa shape index (κ3) is 7.12. The summed E-state index contributed by atoms with van der Waals surface area (Å²) in [6, 6.07) is 13.5. The van der Waals surface area contributed by atoms with Crippen molar-refractivity contribution in [3.63, 3.8) is 0 Å². The SMILES string of the molecule is CC(C)(C)c1ccc(S(=O)(=O)NCCC(=O)Nc2ccc(NC(=O)C3CCCO3)cc2)cc1. The Bertz CT molecular complexity index is 1070. The first-order valence-electron chi connectivity index (χ1n) is 11.0. The lowest BCUT2D eigenvalue weighted by Gasteiger charge is -2.19. The summed E-state index contributed by atoms with van der Waals surface area (Å²) in [6.45, 7) is 6.75. The molecule has 0 spiro atoms. The van der Waals surface area contributed by atoms with Crippen LogP contribution in [0.25, 0.3) is 0 Å². The third-order valence-electron chi connectivity index (χ3n) is 5.33. The lowest BCUT2D eigenvalue weighted by atomic mass is 9.87. The van der Waals surface area contributed by atoms with Crippen molar-refractivity contribution < 1.29 is 22.7 Å². The molecule has 9 heteroatoms. The van der Waals surface area contributed by atoms with Crippen molar-refractivity contribution in [2.24, 2.45) is 0 Å². The minimum absolute atomic E-state index is 0.0171. The molecule has 1 saturated heterocycles. The highest BCUT2D eigenvalue weighted by Crippen LogP contribution is 2.23. The number of sulfonamides is 1. The van der Waals surface area contributed by atoms with E-state index in [-0.39, 0.29) is 35.1 Å². The van der Waals surface area contributed by atoms with E-state index in [1.807, 2.05) is 0 Å². The van der Waals surface area contributed by atoms with Crippen molar-refractivity contribution >= 4 is 33.2 Å². The number of carbonyl (C=O) groups excluding carboxylic acids is 2. The van der Waals surface area contributed by atoms with Crippen LogP contribution in [0.15, 0.2) is 53.4 Å². The molecule has 2 aromatic carbocycles. The molecule has 0 aliphatic carbocycles. The predicted molar refractivity (Wildman–Crippen MR) is 128 cm³/mol. The monoisotopic (exact) mass is 473 g/mol. The molecule has 1 aliphatic heterocycles. The van der Waals surface area contributed by atoms with Gasteiger partial charge in [0.2, 0.25) is 15.9 Å². The molecule has 1 heterocycles. The van der Waals surface area contributed by atoms with Crippen molar-refractivity contribution in [3.05, 3.63) is 54.1 Å². The minimum atomic E-state index is -3.70. The molecule has 0 aromatic heterocycles. The summed E-state index contributed by atoms with van der Waals surface area (Å²) < 4.78 is 32.7. The van der Waals surface area contributed by atoms with Crippen molar-refractivity contribution in [2.75, 3.05) is 23.8 Å². The Morgan fingerprint density at radius 2 is 1.58 bits per heavy atom. The fourth-order valence-corrected chi connectivity index (χ4v) is 4.42. The third-order valence-corrected chi connectivity index (χ3v) is 6.81. The predicted octanol–water partition coefficient (Wildman–Crippen LogP) is 3.41. The minimum Gasteiger partial charge on any atom is -0.368 e. The highest BCUT2D eigenvalue weighted by Gasteiger charge is 2.23. The highest BCUT2D eigenvalue weighted by atomic mass is 32.2. The second-order valence-corrected chi connectivity index (χ2v) is 10.8. The van der Waals surface area contributed by atoms with E-state index in [9.17, 15) is 18.0 Å². The first-order valence-corrected chi connectivity index (χ1v) is 12.5. The van der Waals surface area contributed by atoms with Crippen LogP contribution < -0.4 is 15.4 Å². The largest absolute Gasteiger partial charge is 0.368 e. The summed E-state index contributed by atoms with van der Waals surface area (Å²) >= 11 is 0. The molecule has 8 nitrogen and oxygen atoms in total. The molecule has 3 N–H and O–H groups in total. The summed E-state index contributed by atoms with van der Waals surface area (Å²) in [6.07, 6.45) is 1.16. The van der Waals surface area contributed by atoms with Crippen molar-refractivity contribution in [1.29, 1.82) is 0 Å². The first kappa shape index (κ1) is 24.9. The van der Waals surface area contributed by atoms with E-state index in [2.05, 4.69) is 36.1 Å². The van der Waals surface area contributed by atoms with Gasteiger partial charge in [0.15, 0.2) is 0 Å². The number of nitrogens with one attached hydrogen (secondary N) is 3. The quantitative estimate of drug-likeness (QED) is 0.544. The topological polar surface area (TPSA) is 114 Å². The van der Waals surface area contributed by atoms with E-state index in [0.717, 1.165) is 12.0 Å². The van der Waals surface area contributed by atoms with Gasteiger partial charge in [0.1, 0.15) is 6.10 Å². The van der Waals surface area contributed by atoms with Crippen LogP contribution in [0.4, 0.5) is 11.4 Å². The standard InChI is InChI=1S/C24H31N3O5S/c1-24(2,3)17-6-12-20(13-7-17)33(30,31)25-15-14-22(28)26-18-8-10-19(11-9-18)27-23(29)21-5-4-16-32-21/h6-13,21,25H,4-5,14-16H2,1-3H3,(H,26,28)(H,27,29). The summed E-state index contributed by atoms with van der Waals surface area (Å²) in [4.78, 5) is 24.4. The van der Waals surface area contributed by atoms with Crippen LogP contribution in [0.5, 0.6) is 0 Å². The van der Waals surface area contributed by atoms with E-state index in [0.29, 0.717) is 24.4 Å². The summed E-state index contributed by atoms with van der Waals surface area (Å²) in [7, 11) is -3.70. The number of hydrogen-bond donors (Lipinski definition) is 3. The van der Waals surface area contributed by atoms with E-state index in [1.54, 1.807) is 48.5 Å². The van der Waals surface area contributed by atoms with E-state index >= 15 is 0 Å². The van der Waals surface area contributed by atoms with Gasteiger partial charge < -0.3 is 15.4 Å². The Hall–Kier alpha value is -2.75. The van der Waals surface area contributed by atoms with Crippen LogP contribution in [0, 0.1) is 0 Å². The zero-order chi connectivity index (χ0) is 24.1. The zero-order valence-electron chi connectivity index (χ0n) is 19.2. The molecule has 1 fully saturated rings. The number of rotatable bonds is 8. The van der Waals surface area contributed by atoms with Gasteiger partial charge in [-0.15, -0.1) is 0 Å². The summed E-state index contributed by atoms with van der Waals surface area (Å²) in [5.41, 5.74) is 2.13. The van der Waals surface area contributed by atoms with Gasteiger partial charge >= 0.3 is 0 Å². The summed E-state index contributed by atoms with van der Waals surface area (Å²) in [5, 5.41) is 5.51. The summed E-state index contributed by atoms with van der Waals surface area (Å²) in [5.74, 6) is -0.499. The number of anilines is 2. The lowest BCUT2D eigenvalue weighted by Crippen LogP contribution is -2.28. The number of ether oxygens (including phenoxy) is 1. The average Bonchev–Trinajstić information content (AvgIpc) is 3.30. The van der Waals surface area contributed by atoms with Gasteiger partial charge in [-0.3, -0.25) is 9.59 Å². The molecular formula is C24H31N3O5S. The maximum atomic E-state index is 12.5. The van der Waals surface area contributed by atoms with Crippen LogP contribution in [0.2, 0.25) is 0 Å². The zero-order valence-corrected chi connectivity index (χ0v) is 20.0. The Morgan fingerprint density at radius 1 is 0.970 bits per heavy atom. The fourth-order valence-electron chi connectivity index (χ4n) is 3.38. The number of benzene rings is 2. The number of amides is 2. The number of hydrogen-bond acceptors (Lipinski definition) is 5. The smallest absolute Gasteiger partial charge is 0.253 e. The van der Waals surface area contributed by atoms with Crippen molar-refractivity contribution in [2.45, 2.75) is 56.4 Å². The van der Waals surface area contributed by atoms with Gasteiger partial charge in [-0.05, 0) is 60.2 Å². The molecule has 0 radical (unpaired) electrons. The van der Waals surface area contributed by atoms with Crippen LogP contribution in [0.3, 0.4) is 0 Å². The highest BCUT2D eigenvalue weighted by molar-refractivity contribution is 7.89. The van der Waals surface area contributed by atoms with E-state index < -0.39 is 16.1 Å². The molecule has 0 bridgehead atoms. The van der Waals surface area contributed by atoms with Gasteiger partial charge in [-0.25, -0.2) is 13.1 Å². The van der Waals surface area contributed by atoms with Crippen molar-refractivity contribution in [3.8, 4) is 0 Å². The van der Waals surface area contributed by atoms with Gasteiger partial charge in [-0.2, -0.15) is 0 Å². The van der Waals surface area contributed by atoms with Crippen molar-refractivity contribution in [1.82, 2.24) is 4.72 Å². The maximum Gasteiger partial charge on any atom is 0.253 e. The van der Waals surface area contributed by atoms with Crippen LogP contribution >= 0.6 is 0 Å². The lowest BCUT2D eigenvalue weighted by molar-refractivity contribution is -0.124. The second kappa shape index (κ2) is 10.5. The van der Waals surface area contributed by atoms with Gasteiger partial charge in [0, 0.05) is 30.9 Å². The average molecular weight is 474 g/mol. The molecule has 33 heavy (non-hydrogen) atoms. The molecule has 3 rings (SSSR count). The maximum absolute atomic E-state index is 12.5. The molecule has 1 aliphatic rings. The van der Waals surface area contributed by atoms with Crippen LogP contribution in [-0.2, 0) is 29.8 Å². The first-order chi connectivity index (χ1) is 15.5. The van der Waals surface area contributed by atoms with Crippen LogP contribution in [-0.4, -0.2) is 39.5 Å². The Kier molecular flexibility index (Phi) is 7.88. The second-order valence-electron chi connectivity index (χ2n) is 9.04. The number of carbonyl (C=O) groups is 2. The van der Waals surface area contributed by atoms with Gasteiger partial charge in [0.25, 0.3) is 5.91 Å². The van der Waals surface area contributed by atoms with E-state index in [1.165, 1.54) is 0 Å². The Labute approximate surface area is 195 Å². The van der Waals surface area contributed by atoms with Crippen LogP contribution in [0.1, 0.15) is 45.6 Å². The Balaban J connectivity index is 1.45. The molecule has 0 saturated carbocycles. The molecule has 2 amide bonds. The fraction of sp³-hybridized carbons (Fsp3) is 0.417. The molecular weight excluding hydrogens is 442 g/mol. The molecule has 1 atom stereocenters. The van der Waals surface area contributed by atoms with Gasteiger partial charge in [-0.1, -0.05) is 32.9 Å². The molecule has 178 valence electrons. The van der Waals surface area contributed by atoms with Gasteiger partial charge in [0.05, 0.1) is 4.90 Å². The molecule has 2 aromatic rings. The Morgan fingerprint density at radius 3 is 2.12 bits per heavy atom. The van der Waals surface area contributed by atoms with E-state index in [4.69, 9.17) is 4.74 Å².